The molecule has 2 aliphatic heterocycles. The molecule has 36 heavy (non-hydrogen) atoms. The van der Waals surface area contributed by atoms with Crippen LogP contribution in [0.25, 0.3) is 0 Å². The standard InChI is InChI=1S/C18H18N2O8S.C6H15N/c1-9-3-5-11(6-4-9)15(22)19-13-16(23)20-14(18(24)25)12(7-28-10(2)21)8-29(26,27)17(13)20;1-4-7(5-2)6-3/h3-6,13,17H,7-8H2,1-2H3,(H,19,22)(H,24,25);4-6H2,1-3H3/t13-,17-;/m0./s1. The number of carboxylic acid groups (broad SMARTS) is 1. The number of sulfone groups is 1. The van der Waals surface area contributed by atoms with Crippen LogP contribution in [0.5, 0.6) is 0 Å². The molecule has 2 heterocycles. The molecule has 2 aliphatic rings. The van der Waals surface area contributed by atoms with Crippen LogP contribution in [-0.4, -0.2) is 90.5 Å². The van der Waals surface area contributed by atoms with Gasteiger partial charge in [0.05, 0.1) is 5.75 Å². The highest BCUT2D eigenvalue weighted by Gasteiger charge is 2.60. The summed E-state index contributed by atoms with van der Waals surface area (Å²) in [5.74, 6) is -4.46. The minimum absolute atomic E-state index is 0.208. The first-order chi connectivity index (χ1) is 16.9. The van der Waals surface area contributed by atoms with E-state index in [4.69, 9.17) is 4.74 Å². The van der Waals surface area contributed by atoms with Crippen molar-refractivity contribution in [2.75, 3.05) is 32.0 Å². The lowest BCUT2D eigenvalue weighted by Crippen LogP contribution is -2.74. The van der Waals surface area contributed by atoms with Gasteiger partial charge in [-0.1, -0.05) is 38.5 Å². The zero-order valence-corrected chi connectivity index (χ0v) is 21.9. The number of benzene rings is 1. The first-order valence-corrected chi connectivity index (χ1v) is 13.3. The number of esters is 1. The predicted octanol–water partition coefficient (Wildman–Crippen LogP) is 0.940. The number of hydrogen-bond acceptors (Lipinski definition) is 8. The lowest BCUT2D eigenvalue weighted by molar-refractivity contribution is -0.149. The highest BCUT2D eigenvalue weighted by atomic mass is 32.2. The second kappa shape index (κ2) is 12.1. The predicted molar refractivity (Wildman–Crippen MR) is 132 cm³/mol. The van der Waals surface area contributed by atoms with Crippen molar-refractivity contribution in [3.63, 3.8) is 0 Å². The molecule has 2 amide bonds. The SMILES string of the molecule is CC(=O)OCC1=C(C(=O)O)N2C(=O)[C@H](NC(=O)c3ccc(C)cc3)[C@@H]2S(=O)(=O)C1.CCN(CC)CC. The number of ether oxygens (including phenoxy) is 1. The average Bonchev–Trinajstić information content (AvgIpc) is 2.82. The van der Waals surface area contributed by atoms with Crippen LogP contribution in [0.15, 0.2) is 35.5 Å². The minimum Gasteiger partial charge on any atom is -0.477 e. The topological polar surface area (TPSA) is 150 Å². The van der Waals surface area contributed by atoms with E-state index in [-0.39, 0.29) is 11.1 Å². The summed E-state index contributed by atoms with van der Waals surface area (Å²) in [7, 11) is -4.03. The van der Waals surface area contributed by atoms with E-state index in [1.807, 2.05) is 6.92 Å². The molecule has 1 aromatic rings. The number of fused-ring (bicyclic) bond motifs is 1. The number of hydrogen-bond donors (Lipinski definition) is 2. The molecule has 1 fully saturated rings. The number of nitrogens with zero attached hydrogens (tertiary/aromatic N) is 2. The number of rotatable bonds is 8. The van der Waals surface area contributed by atoms with E-state index in [1.165, 1.54) is 31.8 Å². The van der Waals surface area contributed by atoms with Gasteiger partial charge in [0.2, 0.25) is 0 Å². The maximum absolute atomic E-state index is 12.7. The first-order valence-electron chi connectivity index (χ1n) is 11.6. The lowest BCUT2D eigenvalue weighted by atomic mass is 10.0. The van der Waals surface area contributed by atoms with E-state index < -0.39 is 63.1 Å². The molecule has 0 bridgehead atoms. The van der Waals surface area contributed by atoms with E-state index in [9.17, 15) is 32.7 Å². The molecular weight excluding hydrogens is 490 g/mol. The van der Waals surface area contributed by atoms with Gasteiger partial charge in [-0.25, -0.2) is 13.2 Å². The first kappa shape index (κ1) is 29.0. The normalized spacial score (nSPS) is 20.1. The van der Waals surface area contributed by atoms with Crippen molar-refractivity contribution in [3.8, 4) is 0 Å². The molecule has 0 aliphatic carbocycles. The van der Waals surface area contributed by atoms with Gasteiger partial charge in [0.25, 0.3) is 11.8 Å². The summed E-state index contributed by atoms with van der Waals surface area (Å²) in [4.78, 5) is 50.6. The highest BCUT2D eigenvalue weighted by Crippen LogP contribution is 2.37. The number of carbonyl (C=O) groups excluding carboxylic acids is 3. The minimum atomic E-state index is -4.03. The molecule has 0 spiro atoms. The van der Waals surface area contributed by atoms with Gasteiger partial charge in [-0.15, -0.1) is 0 Å². The van der Waals surface area contributed by atoms with Crippen molar-refractivity contribution in [3.05, 3.63) is 46.7 Å². The third-order valence-corrected chi connectivity index (χ3v) is 7.93. The third kappa shape index (κ3) is 6.49. The van der Waals surface area contributed by atoms with E-state index in [1.54, 1.807) is 12.1 Å². The molecule has 2 N–H and O–H groups in total. The lowest BCUT2D eigenvalue weighted by Gasteiger charge is -2.48. The number of amides is 2. The van der Waals surface area contributed by atoms with Gasteiger partial charge in [0.1, 0.15) is 18.3 Å². The number of carboxylic acids is 1. The van der Waals surface area contributed by atoms with E-state index in [2.05, 4.69) is 31.0 Å². The Morgan fingerprint density at radius 1 is 1.11 bits per heavy atom. The van der Waals surface area contributed by atoms with Crippen LogP contribution in [0.4, 0.5) is 0 Å². The fraction of sp³-hybridized carbons (Fsp3) is 0.500. The molecule has 1 saturated heterocycles. The smallest absolute Gasteiger partial charge is 0.352 e. The second-order valence-corrected chi connectivity index (χ2v) is 10.5. The average molecular weight is 524 g/mol. The molecule has 198 valence electrons. The summed E-state index contributed by atoms with van der Waals surface area (Å²) < 4.78 is 30.1. The maximum atomic E-state index is 12.7. The van der Waals surface area contributed by atoms with Crippen LogP contribution in [0.3, 0.4) is 0 Å². The van der Waals surface area contributed by atoms with Gasteiger partial charge in [-0.05, 0) is 38.7 Å². The Kier molecular flexibility index (Phi) is 9.77. The van der Waals surface area contributed by atoms with Crippen LogP contribution in [0.1, 0.15) is 43.6 Å². The fourth-order valence-electron chi connectivity index (χ4n) is 3.92. The third-order valence-electron chi connectivity index (χ3n) is 5.96. The summed E-state index contributed by atoms with van der Waals surface area (Å²) in [6, 6.07) is 5.03. The molecule has 12 heteroatoms. The van der Waals surface area contributed by atoms with Crippen molar-refractivity contribution in [2.24, 2.45) is 0 Å². The van der Waals surface area contributed by atoms with Gasteiger partial charge in [0, 0.05) is 18.1 Å². The molecule has 11 nitrogen and oxygen atoms in total. The number of β-lactam (4-membered cyclic amide) rings is 1. The van der Waals surface area contributed by atoms with Crippen LogP contribution >= 0.6 is 0 Å². The Balaban J connectivity index is 0.000000572. The fourth-order valence-corrected chi connectivity index (χ4v) is 5.93. The van der Waals surface area contributed by atoms with Crippen molar-refractivity contribution >= 4 is 33.6 Å². The molecule has 0 aromatic heterocycles. The largest absolute Gasteiger partial charge is 0.477 e. The van der Waals surface area contributed by atoms with Crippen LogP contribution in [0, 0.1) is 6.92 Å². The molecule has 0 unspecified atom stereocenters. The van der Waals surface area contributed by atoms with Crippen LogP contribution in [-0.2, 0) is 29.0 Å². The summed E-state index contributed by atoms with van der Waals surface area (Å²) >= 11 is 0. The number of nitrogens with one attached hydrogen (secondary N) is 1. The van der Waals surface area contributed by atoms with Gasteiger partial charge >= 0.3 is 11.9 Å². The Morgan fingerprint density at radius 3 is 2.11 bits per heavy atom. The highest BCUT2D eigenvalue weighted by molar-refractivity contribution is 7.92. The number of aliphatic carboxylic acids is 1. The van der Waals surface area contributed by atoms with Crippen molar-refractivity contribution in [2.45, 2.75) is 46.0 Å². The van der Waals surface area contributed by atoms with Gasteiger partial charge < -0.3 is 20.1 Å². The van der Waals surface area contributed by atoms with Crippen molar-refractivity contribution in [1.82, 2.24) is 15.1 Å². The van der Waals surface area contributed by atoms with Crippen molar-refractivity contribution < 1.29 is 37.4 Å². The van der Waals surface area contributed by atoms with E-state index in [0.29, 0.717) is 4.90 Å². The molecule has 1 aromatic carbocycles. The van der Waals surface area contributed by atoms with E-state index >= 15 is 0 Å². The summed E-state index contributed by atoms with van der Waals surface area (Å²) in [6.45, 7) is 12.5. The molecule has 2 atom stereocenters. The number of carbonyl (C=O) groups is 4. The number of aryl methyl sites for hydroxylation is 1. The Hall–Kier alpha value is -3.25. The van der Waals surface area contributed by atoms with Crippen molar-refractivity contribution in [1.29, 1.82) is 0 Å². The van der Waals surface area contributed by atoms with Gasteiger partial charge in [0.15, 0.2) is 15.2 Å². The van der Waals surface area contributed by atoms with E-state index in [0.717, 1.165) is 12.5 Å². The zero-order chi connectivity index (χ0) is 27.2. The molecule has 0 saturated carbocycles. The molecule has 0 radical (unpaired) electrons. The Morgan fingerprint density at radius 2 is 1.67 bits per heavy atom. The van der Waals surface area contributed by atoms with Crippen LogP contribution < -0.4 is 5.32 Å². The summed E-state index contributed by atoms with van der Waals surface area (Å²) in [5, 5.41) is 10.3. The van der Waals surface area contributed by atoms with Crippen LogP contribution in [0.2, 0.25) is 0 Å². The maximum Gasteiger partial charge on any atom is 0.352 e. The Labute approximate surface area is 211 Å². The monoisotopic (exact) mass is 523 g/mol. The molecule has 3 rings (SSSR count). The summed E-state index contributed by atoms with van der Waals surface area (Å²) in [6.07, 6.45) is 0. The zero-order valence-electron chi connectivity index (χ0n) is 21.1. The van der Waals surface area contributed by atoms with Gasteiger partial charge in [-0.3, -0.25) is 19.3 Å². The van der Waals surface area contributed by atoms with Gasteiger partial charge in [-0.2, -0.15) is 0 Å². The second-order valence-electron chi connectivity index (χ2n) is 8.38. The quantitative estimate of drug-likeness (QED) is 0.375. The molecular formula is C24H33N3O8S. The summed E-state index contributed by atoms with van der Waals surface area (Å²) in [5.41, 5.74) is 0.399. The Bertz CT molecular complexity index is 1130.